The van der Waals surface area contributed by atoms with Crippen molar-refractivity contribution in [2.24, 2.45) is 5.92 Å². The van der Waals surface area contributed by atoms with Crippen molar-refractivity contribution in [1.29, 1.82) is 0 Å². The summed E-state index contributed by atoms with van der Waals surface area (Å²) in [6.07, 6.45) is -4.44. The summed E-state index contributed by atoms with van der Waals surface area (Å²) in [6, 6.07) is 7.90. The number of rotatable bonds is 5. The first-order valence-corrected chi connectivity index (χ1v) is 9.42. The minimum atomic E-state index is -4.33. The van der Waals surface area contributed by atoms with E-state index in [0.29, 0.717) is 19.4 Å². The third-order valence-corrected chi connectivity index (χ3v) is 6.10. The highest BCUT2D eigenvalue weighted by atomic mass is 32.2. The molecule has 1 unspecified atom stereocenters. The zero-order valence-corrected chi connectivity index (χ0v) is 14.7. The van der Waals surface area contributed by atoms with Gasteiger partial charge in [-0.3, -0.25) is 4.79 Å². The number of halogens is 3. The fourth-order valence-electron chi connectivity index (χ4n) is 2.82. The van der Waals surface area contributed by atoms with Crippen LogP contribution in [0.15, 0.2) is 35.2 Å². The largest absolute Gasteiger partial charge is 0.390 e. The van der Waals surface area contributed by atoms with E-state index < -0.39 is 41.0 Å². The lowest BCUT2D eigenvalue weighted by atomic mass is 9.98. The van der Waals surface area contributed by atoms with Crippen molar-refractivity contribution in [2.45, 2.75) is 30.3 Å². The van der Waals surface area contributed by atoms with E-state index in [-0.39, 0.29) is 11.4 Å². The summed E-state index contributed by atoms with van der Waals surface area (Å²) in [7, 11) is -2.39. The highest BCUT2D eigenvalue weighted by molar-refractivity contribution is 7.89. The van der Waals surface area contributed by atoms with E-state index in [0.717, 1.165) is 4.90 Å². The summed E-state index contributed by atoms with van der Waals surface area (Å²) in [5, 5.41) is 0. The van der Waals surface area contributed by atoms with Gasteiger partial charge in [0.1, 0.15) is 0 Å². The number of amides is 1. The SMILES string of the molecule is CN(CCC(F)(F)F)C(=O)C1CCCN(S(=O)(=O)c2ccccc2)C1. The Kier molecular flexibility index (Phi) is 6.10. The maximum absolute atomic E-state index is 12.6. The van der Waals surface area contributed by atoms with Gasteiger partial charge in [0.15, 0.2) is 0 Å². The number of hydrogen-bond donors (Lipinski definition) is 0. The van der Waals surface area contributed by atoms with Gasteiger partial charge in [0, 0.05) is 26.7 Å². The van der Waals surface area contributed by atoms with Crippen LogP contribution in [0.1, 0.15) is 19.3 Å². The zero-order chi connectivity index (χ0) is 18.7. The molecule has 1 aromatic carbocycles. The Bertz CT molecular complexity index is 692. The summed E-state index contributed by atoms with van der Waals surface area (Å²) in [4.78, 5) is 13.5. The third kappa shape index (κ3) is 5.18. The molecule has 0 aromatic heterocycles. The van der Waals surface area contributed by atoms with E-state index in [1.807, 2.05) is 0 Å². The Balaban J connectivity index is 2.04. The molecule has 1 aliphatic rings. The van der Waals surface area contributed by atoms with Gasteiger partial charge in [-0.05, 0) is 25.0 Å². The van der Waals surface area contributed by atoms with Crippen LogP contribution >= 0.6 is 0 Å². The van der Waals surface area contributed by atoms with E-state index in [1.54, 1.807) is 18.2 Å². The molecule has 1 aliphatic heterocycles. The molecule has 0 N–H and O–H groups in total. The minimum Gasteiger partial charge on any atom is -0.345 e. The summed E-state index contributed by atoms with van der Waals surface area (Å²) < 4.78 is 63.4. The molecule has 1 amide bonds. The molecule has 2 rings (SSSR count). The standard InChI is InChI=1S/C16H21F3N2O3S/c1-20(11-9-16(17,18)19)15(22)13-6-5-10-21(12-13)25(23,24)14-7-3-2-4-8-14/h2-4,7-8,13H,5-6,9-12H2,1H3. The molecule has 1 heterocycles. The summed E-state index contributed by atoms with van der Waals surface area (Å²) in [5.41, 5.74) is 0. The molecule has 0 saturated carbocycles. The van der Waals surface area contributed by atoms with E-state index in [9.17, 15) is 26.4 Å². The van der Waals surface area contributed by atoms with Crippen molar-refractivity contribution in [3.05, 3.63) is 30.3 Å². The van der Waals surface area contributed by atoms with Gasteiger partial charge in [-0.1, -0.05) is 18.2 Å². The lowest BCUT2D eigenvalue weighted by molar-refractivity contribution is -0.146. The molecular formula is C16H21F3N2O3S. The first-order chi connectivity index (χ1) is 11.6. The number of nitrogens with zero attached hydrogens (tertiary/aromatic N) is 2. The molecule has 9 heteroatoms. The smallest absolute Gasteiger partial charge is 0.345 e. The van der Waals surface area contributed by atoms with Crippen molar-refractivity contribution in [2.75, 3.05) is 26.7 Å². The highest BCUT2D eigenvalue weighted by Gasteiger charge is 2.35. The monoisotopic (exact) mass is 378 g/mol. The normalized spacial score (nSPS) is 19.6. The number of hydrogen-bond acceptors (Lipinski definition) is 3. The van der Waals surface area contributed by atoms with Crippen molar-refractivity contribution in [3.63, 3.8) is 0 Å². The lowest BCUT2D eigenvalue weighted by Gasteiger charge is -2.33. The summed E-state index contributed by atoms with van der Waals surface area (Å²) in [5.74, 6) is -1.07. The summed E-state index contributed by atoms with van der Waals surface area (Å²) >= 11 is 0. The van der Waals surface area contributed by atoms with Crippen LogP contribution in [0.4, 0.5) is 13.2 Å². The fourth-order valence-corrected chi connectivity index (χ4v) is 4.37. The lowest BCUT2D eigenvalue weighted by Crippen LogP contribution is -2.46. The predicted molar refractivity (Wildman–Crippen MR) is 86.2 cm³/mol. The van der Waals surface area contributed by atoms with Crippen LogP contribution in [0, 0.1) is 5.92 Å². The van der Waals surface area contributed by atoms with Crippen LogP contribution in [0.3, 0.4) is 0 Å². The second-order valence-corrected chi connectivity index (χ2v) is 8.08. The van der Waals surface area contributed by atoms with Crippen molar-refractivity contribution < 1.29 is 26.4 Å². The first-order valence-electron chi connectivity index (χ1n) is 7.98. The molecule has 25 heavy (non-hydrogen) atoms. The summed E-state index contributed by atoms with van der Waals surface area (Å²) in [6.45, 7) is -0.135. The van der Waals surface area contributed by atoms with Gasteiger partial charge in [0.25, 0.3) is 0 Å². The number of alkyl halides is 3. The second-order valence-electron chi connectivity index (χ2n) is 6.14. The van der Waals surface area contributed by atoms with E-state index in [4.69, 9.17) is 0 Å². The van der Waals surface area contributed by atoms with Gasteiger partial charge in [-0.15, -0.1) is 0 Å². The highest BCUT2D eigenvalue weighted by Crippen LogP contribution is 2.25. The Morgan fingerprint density at radius 2 is 1.92 bits per heavy atom. The van der Waals surface area contributed by atoms with E-state index in [2.05, 4.69) is 0 Å². The number of carbonyl (C=O) groups is 1. The Morgan fingerprint density at radius 3 is 2.52 bits per heavy atom. The van der Waals surface area contributed by atoms with Gasteiger partial charge in [0.05, 0.1) is 17.2 Å². The van der Waals surface area contributed by atoms with Gasteiger partial charge in [0.2, 0.25) is 15.9 Å². The average Bonchev–Trinajstić information content (AvgIpc) is 2.59. The predicted octanol–water partition coefficient (Wildman–Crippen LogP) is 2.50. The van der Waals surface area contributed by atoms with Crippen LogP contribution in [-0.4, -0.2) is 56.4 Å². The maximum Gasteiger partial charge on any atom is 0.390 e. The van der Waals surface area contributed by atoms with Crippen LogP contribution < -0.4 is 0 Å². The molecule has 0 spiro atoms. The number of benzene rings is 1. The minimum absolute atomic E-state index is 0.00752. The number of carbonyl (C=O) groups excluding carboxylic acids is 1. The molecule has 0 aliphatic carbocycles. The van der Waals surface area contributed by atoms with Gasteiger partial charge in [-0.25, -0.2) is 8.42 Å². The van der Waals surface area contributed by atoms with Crippen LogP contribution in [0.5, 0.6) is 0 Å². The molecule has 5 nitrogen and oxygen atoms in total. The van der Waals surface area contributed by atoms with Crippen molar-refractivity contribution in [3.8, 4) is 0 Å². The average molecular weight is 378 g/mol. The molecule has 1 fully saturated rings. The molecule has 1 saturated heterocycles. The molecule has 0 radical (unpaired) electrons. The van der Waals surface area contributed by atoms with Crippen LogP contribution in [0.2, 0.25) is 0 Å². The zero-order valence-electron chi connectivity index (χ0n) is 13.9. The Labute approximate surface area is 145 Å². The van der Waals surface area contributed by atoms with Crippen molar-refractivity contribution >= 4 is 15.9 Å². The van der Waals surface area contributed by atoms with Gasteiger partial charge >= 0.3 is 6.18 Å². The molecule has 1 atom stereocenters. The van der Waals surface area contributed by atoms with Crippen molar-refractivity contribution in [1.82, 2.24) is 9.21 Å². The topological polar surface area (TPSA) is 57.7 Å². The maximum atomic E-state index is 12.6. The Hall–Kier alpha value is -1.61. The molecular weight excluding hydrogens is 357 g/mol. The molecule has 140 valence electrons. The first kappa shape index (κ1) is 19.7. The van der Waals surface area contributed by atoms with Crippen LogP contribution in [-0.2, 0) is 14.8 Å². The van der Waals surface area contributed by atoms with E-state index in [1.165, 1.54) is 23.5 Å². The second kappa shape index (κ2) is 7.74. The number of piperidine rings is 1. The van der Waals surface area contributed by atoms with Gasteiger partial charge < -0.3 is 4.90 Å². The van der Waals surface area contributed by atoms with E-state index >= 15 is 0 Å². The fraction of sp³-hybridized carbons (Fsp3) is 0.562. The van der Waals surface area contributed by atoms with Gasteiger partial charge in [-0.2, -0.15) is 17.5 Å². The number of sulfonamides is 1. The molecule has 0 bridgehead atoms. The molecule has 1 aromatic rings. The third-order valence-electron chi connectivity index (χ3n) is 4.22. The Morgan fingerprint density at radius 1 is 1.28 bits per heavy atom. The van der Waals surface area contributed by atoms with Crippen LogP contribution in [0.25, 0.3) is 0 Å². The quantitative estimate of drug-likeness (QED) is 0.791.